The smallest absolute Gasteiger partial charge is 0.407 e. The molecule has 0 spiro atoms. The predicted octanol–water partition coefficient (Wildman–Crippen LogP) is 12.2. The zero-order chi connectivity index (χ0) is 54.6. The lowest BCUT2D eigenvalue weighted by Crippen LogP contribution is -2.57. The summed E-state index contributed by atoms with van der Waals surface area (Å²) in [5.74, 6) is -2.30. The highest BCUT2D eigenvalue weighted by Gasteiger charge is 2.43. The predicted molar refractivity (Wildman–Crippen MR) is 314 cm³/mol. The number of hydrogen-bond donors (Lipinski definition) is 4. The van der Waals surface area contributed by atoms with Gasteiger partial charge in [-0.05, 0) is 101 Å². The summed E-state index contributed by atoms with van der Waals surface area (Å²) in [6, 6.07) is 72.5. The summed E-state index contributed by atoms with van der Waals surface area (Å²) in [6.07, 6.45) is 1.38. The monoisotopic (exact) mass is 1070 g/mol. The number of fused-ring (bicyclic) bond motifs is 3. The molecule has 3 atom stereocenters. The number of thioether (sulfide) groups is 1. The molecule has 1 aliphatic heterocycles. The summed E-state index contributed by atoms with van der Waals surface area (Å²) in [5.41, 5.74) is 10.9. The second-order valence-electron chi connectivity index (χ2n) is 20.5. The fraction of sp³-hybridized carbons (Fsp3) is 0.235. The average Bonchev–Trinajstić information content (AvgIpc) is 4.27. The summed E-state index contributed by atoms with van der Waals surface area (Å²) >= 11 is 1.50. The fourth-order valence-corrected chi connectivity index (χ4v) is 13.2. The normalized spacial score (nSPS) is 14.8. The van der Waals surface area contributed by atoms with Crippen LogP contribution < -0.4 is 16.0 Å². The van der Waals surface area contributed by atoms with Crippen molar-refractivity contribution in [3.05, 3.63) is 275 Å². The lowest BCUT2D eigenvalue weighted by molar-refractivity contribution is -0.149. The minimum Gasteiger partial charge on any atom is -0.480 e. The topological polar surface area (TPSA) is 137 Å². The first-order chi connectivity index (χ1) is 38.7. The van der Waals surface area contributed by atoms with Gasteiger partial charge < -0.3 is 25.4 Å². The second kappa shape index (κ2) is 25.0. The van der Waals surface area contributed by atoms with Crippen LogP contribution in [0.1, 0.15) is 88.1 Å². The van der Waals surface area contributed by atoms with Crippen LogP contribution in [0.5, 0.6) is 0 Å². The number of carboxylic acids is 1. The third-order valence-corrected chi connectivity index (χ3v) is 17.2. The number of nitrogens with zero attached hydrogens (tertiary/aromatic N) is 1. The standard InChI is InChI=1S/C68H66N4O6S/c1-48-40-42-51(43-41-48)67(49-24-7-2-8-25-49,50-26-9-3-10-27-50)69-44-22-21-38-60(71-66(77)78-46-59-57-36-19-17-34-55(57)56-35-18-20-37-58(56)59)63(73)70-61(64(74)72-45-23-39-62(72)65(75)76)47-79-68(52-28-11-4-12-29-52,53-30-13-5-14-31-53)54-32-15-6-16-33-54/h2-20,24-37,40-43,59-62,69H,21-23,38-39,44-47H2,1H3,(H,70,73)(H,71,77)(H,75,76)/t60-,61-,62-/m0/s1. The van der Waals surface area contributed by atoms with Crippen molar-refractivity contribution in [2.45, 2.75) is 73.4 Å². The molecule has 11 heteroatoms. The lowest BCUT2D eigenvalue weighted by atomic mass is 9.76. The maximum absolute atomic E-state index is 15.3. The number of hydrogen-bond acceptors (Lipinski definition) is 7. The minimum atomic E-state index is -1.19. The molecule has 4 N–H and O–H groups in total. The summed E-state index contributed by atoms with van der Waals surface area (Å²) in [6.45, 7) is 2.90. The van der Waals surface area contributed by atoms with Gasteiger partial charge in [0.2, 0.25) is 11.8 Å². The van der Waals surface area contributed by atoms with E-state index in [-0.39, 0.29) is 31.2 Å². The van der Waals surface area contributed by atoms with E-state index < -0.39 is 52.3 Å². The Kier molecular flexibility index (Phi) is 17.2. The highest BCUT2D eigenvalue weighted by molar-refractivity contribution is 8.00. The van der Waals surface area contributed by atoms with Crippen LogP contribution in [0.4, 0.5) is 4.79 Å². The molecule has 2 aliphatic rings. The summed E-state index contributed by atoms with van der Waals surface area (Å²) in [5, 5.41) is 20.4. The molecule has 1 aliphatic carbocycles. The molecule has 0 unspecified atom stereocenters. The van der Waals surface area contributed by atoms with E-state index in [0.717, 1.165) is 61.2 Å². The molecule has 400 valence electrons. The van der Waals surface area contributed by atoms with Crippen LogP contribution in [0, 0.1) is 6.92 Å². The molecule has 3 amide bonds. The zero-order valence-corrected chi connectivity index (χ0v) is 45.2. The number of nitrogens with one attached hydrogen (secondary N) is 3. The van der Waals surface area contributed by atoms with Crippen LogP contribution in [-0.4, -0.2) is 77.5 Å². The van der Waals surface area contributed by atoms with Crippen LogP contribution in [0.2, 0.25) is 0 Å². The number of aryl methyl sites for hydroxylation is 1. The van der Waals surface area contributed by atoms with Gasteiger partial charge in [-0.1, -0.05) is 230 Å². The quantitative estimate of drug-likeness (QED) is 0.0389. The lowest BCUT2D eigenvalue weighted by Gasteiger charge is -2.37. The Bertz CT molecular complexity index is 3150. The van der Waals surface area contributed by atoms with E-state index in [2.05, 4.69) is 132 Å². The van der Waals surface area contributed by atoms with Crippen molar-refractivity contribution in [3.8, 4) is 11.1 Å². The molecule has 1 heterocycles. The van der Waals surface area contributed by atoms with Crippen LogP contribution in [0.25, 0.3) is 11.1 Å². The Morgan fingerprint density at radius 3 is 1.56 bits per heavy atom. The van der Waals surface area contributed by atoms with Crippen molar-refractivity contribution in [2.75, 3.05) is 25.4 Å². The first-order valence-corrected chi connectivity index (χ1v) is 28.3. The molecule has 10 nitrogen and oxygen atoms in total. The summed E-state index contributed by atoms with van der Waals surface area (Å²) in [4.78, 5) is 58.7. The largest absolute Gasteiger partial charge is 0.480 e. The van der Waals surface area contributed by atoms with E-state index in [1.807, 2.05) is 115 Å². The highest BCUT2D eigenvalue weighted by Crippen LogP contribution is 2.49. The zero-order valence-electron chi connectivity index (χ0n) is 44.4. The Hall–Kier alpha value is -8.25. The van der Waals surface area contributed by atoms with E-state index in [0.29, 0.717) is 32.2 Å². The number of rotatable bonds is 22. The fourth-order valence-electron chi connectivity index (χ4n) is 11.7. The third-order valence-electron chi connectivity index (χ3n) is 15.6. The van der Waals surface area contributed by atoms with Crippen molar-refractivity contribution in [3.63, 3.8) is 0 Å². The Balaban J connectivity index is 0.949. The minimum absolute atomic E-state index is 0.0437. The van der Waals surface area contributed by atoms with Crippen molar-refractivity contribution in [1.82, 2.24) is 20.9 Å². The molecule has 0 bridgehead atoms. The molecular weight excluding hydrogens is 1000 g/mol. The first kappa shape index (κ1) is 54.1. The van der Waals surface area contributed by atoms with Gasteiger partial charge in [-0.25, -0.2) is 9.59 Å². The van der Waals surface area contributed by atoms with Gasteiger partial charge in [-0.15, -0.1) is 11.8 Å². The highest BCUT2D eigenvalue weighted by atomic mass is 32.2. The number of ether oxygens (including phenoxy) is 1. The number of aliphatic carboxylic acids is 1. The Morgan fingerprint density at radius 1 is 0.582 bits per heavy atom. The molecular formula is C68H66N4O6S. The van der Waals surface area contributed by atoms with Crippen molar-refractivity contribution < 1.29 is 29.0 Å². The van der Waals surface area contributed by atoms with Gasteiger partial charge in [-0.2, -0.15) is 0 Å². The van der Waals surface area contributed by atoms with E-state index in [1.165, 1.54) is 16.7 Å². The summed E-state index contributed by atoms with van der Waals surface area (Å²) < 4.78 is 5.22. The van der Waals surface area contributed by atoms with Gasteiger partial charge in [0.15, 0.2) is 0 Å². The number of amides is 3. The first-order valence-electron chi connectivity index (χ1n) is 27.4. The third kappa shape index (κ3) is 11.7. The van der Waals surface area contributed by atoms with Gasteiger partial charge in [0, 0.05) is 18.2 Å². The van der Waals surface area contributed by atoms with Gasteiger partial charge in [0.25, 0.3) is 0 Å². The Morgan fingerprint density at radius 2 is 1.05 bits per heavy atom. The number of carboxylic acid groups (broad SMARTS) is 1. The number of carbonyl (C=O) groups excluding carboxylic acids is 3. The molecule has 8 aromatic rings. The molecule has 8 aromatic carbocycles. The van der Waals surface area contributed by atoms with Crippen LogP contribution in [0.3, 0.4) is 0 Å². The molecule has 0 radical (unpaired) electrons. The molecule has 0 saturated carbocycles. The molecule has 79 heavy (non-hydrogen) atoms. The SMILES string of the molecule is Cc1ccc(C(NCCCC[C@H](NC(=O)OCC2c3ccccc3-c3ccccc32)C(=O)N[C@@H](CSC(c2ccccc2)(c2ccccc2)c2ccccc2)C(=O)N2CCC[C@H]2C(=O)O)(c2ccccc2)c2ccccc2)cc1. The molecule has 1 saturated heterocycles. The maximum Gasteiger partial charge on any atom is 0.407 e. The number of carbonyl (C=O) groups is 4. The van der Waals surface area contributed by atoms with Crippen molar-refractivity contribution >= 4 is 35.6 Å². The average molecular weight is 1070 g/mol. The second-order valence-corrected chi connectivity index (χ2v) is 21.7. The number of benzene rings is 8. The van der Waals surface area contributed by atoms with Gasteiger partial charge in [0.1, 0.15) is 24.7 Å². The van der Waals surface area contributed by atoms with E-state index in [9.17, 15) is 14.7 Å². The van der Waals surface area contributed by atoms with E-state index >= 15 is 9.59 Å². The number of likely N-dealkylation sites (tertiary alicyclic amines) is 1. The van der Waals surface area contributed by atoms with Crippen LogP contribution in [-0.2, 0) is 29.4 Å². The molecule has 1 fully saturated rings. The maximum atomic E-state index is 15.3. The van der Waals surface area contributed by atoms with Gasteiger partial charge in [-0.3, -0.25) is 14.9 Å². The molecule has 10 rings (SSSR count). The van der Waals surface area contributed by atoms with Gasteiger partial charge in [0.05, 0.1) is 10.3 Å². The van der Waals surface area contributed by atoms with Crippen molar-refractivity contribution in [1.29, 1.82) is 0 Å². The van der Waals surface area contributed by atoms with E-state index in [4.69, 9.17) is 4.74 Å². The summed E-state index contributed by atoms with van der Waals surface area (Å²) in [7, 11) is 0. The van der Waals surface area contributed by atoms with Crippen LogP contribution >= 0.6 is 11.8 Å². The van der Waals surface area contributed by atoms with E-state index in [1.54, 1.807) is 0 Å². The van der Waals surface area contributed by atoms with Gasteiger partial charge >= 0.3 is 12.1 Å². The number of alkyl carbamates (subject to hydrolysis) is 1. The number of unbranched alkanes of at least 4 members (excludes halogenated alkanes) is 1. The Labute approximate surface area is 467 Å². The van der Waals surface area contributed by atoms with Crippen molar-refractivity contribution in [2.24, 2.45) is 0 Å². The molecule has 0 aromatic heterocycles. The van der Waals surface area contributed by atoms with Crippen LogP contribution in [0.15, 0.2) is 224 Å².